The van der Waals surface area contributed by atoms with E-state index in [-0.39, 0.29) is 11.9 Å². The highest BCUT2D eigenvalue weighted by molar-refractivity contribution is 6.31. The van der Waals surface area contributed by atoms with Crippen molar-refractivity contribution in [1.82, 2.24) is 15.2 Å². The van der Waals surface area contributed by atoms with Crippen LogP contribution in [0.2, 0.25) is 5.02 Å². The Bertz CT molecular complexity index is 1210. The highest BCUT2D eigenvalue weighted by atomic mass is 35.5. The molecule has 0 radical (unpaired) electrons. The number of nitrogens with one attached hydrogen (secondary N) is 2. The van der Waals surface area contributed by atoms with Crippen molar-refractivity contribution in [2.45, 2.75) is 51.8 Å². The average Bonchev–Trinajstić information content (AvgIpc) is 3.14. The number of halogens is 1. The molecule has 0 aliphatic carbocycles. The van der Waals surface area contributed by atoms with Gasteiger partial charge in [0.1, 0.15) is 17.4 Å². The van der Waals surface area contributed by atoms with E-state index in [2.05, 4.69) is 10.3 Å². The van der Waals surface area contributed by atoms with Gasteiger partial charge in [-0.25, -0.2) is 4.79 Å². The van der Waals surface area contributed by atoms with Gasteiger partial charge in [-0.3, -0.25) is 4.79 Å². The normalized spacial score (nSPS) is 16.6. The standard InChI is InChI=1S/C26H30ClN3O4/c1-15(28-25(32)34-26(2,3)4)24(31)30-13-12-19-20-14-17(27)8-11-21(20)29-22(19)23(30)16-6-9-18(33-5)10-7-16/h6-11,14-15,23,29H,12-13H2,1-5H3,(H,28,32). The van der Waals surface area contributed by atoms with Gasteiger partial charge in [-0.2, -0.15) is 0 Å². The predicted molar refractivity (Wildman–Crippen MR) is 132 cm³/mol. The Morgan fingerprint density at radius 1 is 1.18 bits per heavy atom. The maximum Gasteiger partial charge on any atom is 0.408 e. The number of carbonyl (C=O) groups excluding carboxylic acids is 2. The molecule has 2 unspecified atom stereocenters. The van der Waals surface area contributed by atoms with Crippen molar-refractivity contribution < 1.29 is 19.1 Å². The number of rotatable bonds is 4. The van der Waals surface area contributed by atoms with E-state index in [9.17, 15) is 9.59 Å². The van der Waals surface area contributed by atoms with E-state index in [1.807, 2.05) is 47.4 Å². The number of ether oxygens (including phenoxy) is 2. The van der Waals surface area contributed by atoms with E-state index in [1.165, 1.54) is 0 Å². The van der Waals surface area contributed by atoms with E-state index in [1.54, 1.807) is 34.8 Å². The van der Waals surface area contributed by atoms with Crippen LogP contribution in [0.1, 0.15) is 50.6 Å². The number of benzene rings is 2. The number of hydrogen-bond acceptors (Lipinski definition) is 4. The Kier molecular flexibility index (Phi) is 6.49. The molecule has 8 heteroatoms. The number of aromatic nitrogens is 1. The van der Waals surface area contributed by atoms with Crippen LogP contribution in [0.3, 0.4) is 0 Å². The van der Waals surface area contributed by atoms with Crippen LogP contribution in [0.25, 0.3) is 10.9 Å². The summed E-state index contributed by atoms with van der Waals surface area (Å²) in [5.74, 6) is 0.551. The predicted octanol–water partition coefficient (Wildman–Crippen LogP) is 5.22. The molecule has 1 aliphatic rings. The summed E-state index contributed by atoms with van der Waals surface area (Å²) < 4.78 is 10.7. The van der Waals surface area contributed by atoms with Crippen molar-refractivity contribution >= 4 is 34.5 Å². The molecule has 0 saturated heterocycles. The first-order valence-electron chi connectivity index (χ1n) is 11.3. The fraction of sp³-hybridized carbons (Fsp3) is 0.385. The maximum atomic E-state index is 13.6. The summed E-state index contributed by atoms with van der Waals surface area (Å²) in [6.45, 7) is 7.54. The topological polar surface area (TPSA) is 83.7 Å². The second-order valence-electron chi connectivity index (χ2n) is 9.53. The van der Waals surface area contributed by atoms with Crippen molar-refractivity contribution in [3.63, 3.8) is 0 Å². The molecule has 34 heavy (non-hydrogen) atoms. The minimum Gasteiger partial charge on any atom is -0.497 e. The molecule has 1 aliphatic heterocycles. The monoisotopic (exact) mass is 483 g/mol. The first-order valence-corrected chi connectivity index (χ1v) is 11.7. The number of aromatic amines is 1. The third-order valence-corrected chi connectivity index (χ3v) is 6.14. The molecule has 0 bridgehead atoms. The molecule has 0 spiro atoms. The third kappa shape index (κ3) is 4.85. The van der Waals surface area contributed by atoms with Gasteiger partial charge >= 0.3 is 6.09 Å². The quantitative estimate of drug-likeness (QED) is 0.533. The van der Waals surface area contributed by atoms with Crippen LogP contribution in [-0.4, -0.2) is 47.2 Å². The number of nitrogens with zero attached hydrogens (tertiary/aromatic N) is 1. The Morgan fingerprint density at radius 2 is 1.88 bits per heavy atom. The third-order valence-electron chi connectivity index (χ3n) is 5.91. The fourth-order valence-electron chi connectivity index (χ4n) is 4.43. The summed E-state index contributed by atoms with van der Waals surface area (Å²) in [5.41, 5.74) is 3.37. The second kappa shape index (κ2) is 9.22. The van der Waals surface area contributed by atoms with Gasteiger partial charge in [0.25, 0.3) is 0 Å². The molecule has 2 amide bonds. The number of hydrogen-bond donors (Lipinski definition) is 2. The van der Waals surface area contributed by atoms with Gasteiger partial charge in [0, 0.05) is 28.2 Å². The molecule has 180 valence electrons. The smallest absolute Gasteiger partial charge is 0.408 e. The fourth-order valence-corrected chi connectivity index (χ4v) is 4.60. The first kappa shape index (κ1) is 24.0. The molecule has 2 heterocycles. The van der Waals surface area contributed by atoms with Crippen molar-refractivity contribution in [3.8, 4) is 5.75 Å². The van der Waals surface area contributed by atoms with Crippen molar-refractivity contribution in [3.05, 3.63) is 64.3 Å². The van der Waals surface area contributed by atoms with E-state index in [0.29, 0.717) is 18.0 Å². The lowest BCUT2D eigenvalue weighted by Gasteiger charge is -2.38. The average molecular weight is 484 g/mol. The maximum absolute atomic E-state index is 13.6. The Labute approximate surface area is 204 Å². The van der Waals surface area contributed by atoms with Gasteiger partial charge in [0.05, 0.1) is 13.2 Å². The van der Waals surface area contributed by atoms with E-state index in [0.717, 1.165) is 33.5 Å². The minimum absolute atomic E-state index is 0.186. The molecule has 2 N–H and O–H groups in total. The summed E-state index contributed by atoms with van der Waals surface area (Å²) in [6.07, 6.45) is 0.0556. The summed E-state index contributed by atoms with van der Waals surface area (Å²) >= 11 is 6.28. The van der Waals surface area contributed by atoms with Crippen molar-refractivity contribution in [1.29, 1.82) is 0 Å². The van der Waals surface area contributed by atoms with Gasteiger partial charge in [-0.1, -0.05) is 23.7 Å². The highest BCUT2D eigenvalue weighted by Gasteiger charge is 2.37. The lowest BCUT2D eigenvalue weighted by Crippen LogP contribution is -2.51. The first-order chi connectivity index (χ1) is 16.1. The van der Waals surface area contributed by atoms with Crippen LogP contribution in [0.15, 0.2) is 42.5 Å². The number of fused-ring (bicyclic) bond motifs is 3. The molecule has 7 nitrogen and oxygen atoms in total. The van der Waals surface area contributed by atoms with E-state index >= 15 is 0 Å². The number of carbonyl (C=O) groups is 2. The van der Waals surface area contributed by atoms with Crippen LogP contribution < -0.4 is 10.1 Å². The Balaban J connectivity index is 1.71. The van der Waals surface area contributed by atoms with Gasteiger partial charge in [-0.05, 0) is 75.6 Å². The van der Waals surface area contributed by atoms with Crippen molar-refractivity contribution in [2.75, 3.05) is 13.7 Å². The number of alkyl carbamates (subject to hydrolysis) is 1. The van der Waals surface area contributed by atoms with Crippen LogP contribution in [-0.2, 0) is 16.0 Å². The minimum atomic E-state index is -0.754. The molecule has 0 saturated carbocycles. The lowest BCUT2D eigenvalue weighted by molar-refractivity contribution is -0.135. The highest BCUT2D eigenvalue weighted by Crippen LogP contribution is 2.39. The Morgan fingerprint density at radius 3 is 2.53 bits per heavy atom. The number of amides is 2. The van der Waals surface area contributed by atoms with Gasteiger partial charge < -0.3 is 24.7 Å². The molecular weight excluding hydrogens is 454 g/mol. The molecule has 3 aromatic rings. The van der Waals surface area contributed by atoms with Gasteiger partial charge in [0.2, 0.25) is 5.91 Å². The SMILES string of the molecule is COc1ccc(C2c3[nH]c4ccc(Cl)cc4c3CCN2C(=O)C(C)NC(=O)OC(C)(C)C)cc1. The van der Waals surface area contributed by atoms with Crippen LogP contribution in [0.5, 0.6) is 5.75 Å². The zero-order valence-electron chi connectivity index (χ0n) is 20.1. The van der Waals surface area contributed by atoms with E-state index < -0.39 is 17.7 Å². The molecule has 2 aromatic carbocycles. The largest absolute Gasteiger partial charge is 0.497 e. The Hall–Kier alpha value is -3.19. The zero-order chi connectivity index (χ0) is 24.6. The zero-order valence-corrected chi connectivity index (χ0v) is 20.8. The molecule has 2 atom stereocenters. The van der Waals surface area contributed by atoms with Gasteiger partial charge in [-0.15, -0.1) is 0 Å². The molecule has 1 aromatic heterocycles. The molecule has 4 rings (SSSR count). The number of methoxy groups -OCH3 is 1. The van der Waals surface area contributed by atoms with Crippen molar-refractivity contribution in [2.24, 2.45) is 0 Å². The van der Waals surface area contributed by atoms with Crippen LogP contribution >= 0.6 is 11.6 Å². The molecular formula is C26H30ClN3O4. The second-order valence-corrected chi connectivity index (χ2v) is 9.97. The number of H-pyrrole nitrogens is 1. The van der Waals surface area contributed by atoms with Crippen LogP contribution in [0.4, 0.5) is 4.79 Å². The summed E-state index contributed by atoms with van der Waals surface area (Å²) in [6, 6.07) is 12.4. The van der Waals surface area contributed by atoms with Gasteiger partial charge in [0.15, 0.2) is 0 Å². The van der Waals surface area contributed by atoms with Crippen LogP contribution in [0, 0.1) is 0 Å². The summed E-state index contributed by atoms with van der Waals surface area (Å²) in [7, 11) is 1.62. The lowest BCUT2D eigenvalue weighted by atomic mass is 9.91. The summed E-state index contributed by atoms with van der Waals surface area (Å²) in [4.78, 5) is 31.2. The summed E-state index contributed by atoms with van der Waals surface area (Å²) in [5, 5.41) is 4.42. The van der Waals surface area contributed by atoms with E-state index in [4.69, 9.17) is 21.1 Å². The molecule has 0 fully saturated rings.